The molecule has 6 nitrogen and oxygen atoms in total. The van der Waals surface area contributed by atoms with Crippen LogP contribution < -0.4 is 15.0 Å². The van der Waals surface area contributed by atoms with Crippen molar-refractivity contribution in [2.45, 2.75) is 26.4 Å². The molecule has 0 bridgehead atoms. The van der Waals surface area contributed by atoms with Gasteiger partial charge in [0.25, 0.3) is 11.8 Å². The molecule has 2 aromatic rings. The Bertz CT molecular complexity index is 953. The maximum Gasteiger partial charge on any atom is 0.335 e. The van der Waals surface area contributed by atoms with Gasteiger partial charge in [0, 0.05) is 10.0 Å². The average molecular weight is 443 g/mol. The summed E-state index contributed by atoms with van der Waals surface area (Å²) in [6.45, 7) is 3.95. The third-order valence-electron chi connectivity index (χ3n) is 4.31. The fourth-order valence-corrected chi connectivity index (χ4v) is 2.91. The van der Waals surface area contributed by atoms with Gasteiger partial charge in [-0.15, -0.1) is 0 Å². The number of benzene rings is 2. The molecule has 144 valence electrons. The highest BCUT2D eigenvalue weighted by atomic mass is 79.9. The zero-order valence-corrected chi connectivity index (χ0v) is 17.0. The summed E-state index contributed by atoms with van der Waals surface area (Å²) in [4.78, 5) is 38.5. The van der Waals surface area contributed by atoms with E-state index in [1.54, 1.807) is 42.5 Å². The lowest BCUT2D eigenvalue weighted by Crippen LogP contribution is -2.54. The molecule has 0 aliphatic carbocycles. The number of carbonyl (C=O) groups excluding carboxylic acids is 3. The van der Waals surface area contributed by atoms with Crippen molar-refractivity contribution in [3.8, 4) is 5.75 Å². The smallest absolute Gasteiger partial charge is 0.335 e. The number of amides is 4. The molecule has 0 aromatic heterocycles. The second-order valence-corrected chi connectivity index (χ2v) is 7.22. The van der Waals surface area contributed by atoms with Crippen LogP contribution in [0.2, 0.25) is 0 Å². The number of anilines is 1. The van der Waals surface area contributed by atoms with Crippen molar-refractivity contribution in [3.63, 3.8) is 0 Å². The highest BCUT2D eigenvalue weighted by molar-refractivity contribution is 9.10. The molecule has 28 heavy (non-hydrogen) atoms. The Morgan fingerprint density at radius 2 is 1.79 bits per heavy atom. The van der Waals surface area contributed by atoms with Gasteiger partial charge in [0.2, 0.25) is 0 Å². The van der Waals surface area contributed by atoms with E-state index in [9.17, 15) is 14.4 Å². The SMILES string of the molecule is CC[C@H](C)Oc1ccccc1/C=C1\C(=O)NC(=O)N(c2ccc(Br)cc2)C1=O. The van der Waals surface area contributed by atoms with E-state index < -0.39 is 17.8 Å². The molecular formula is C21H19BrN2O4. The van der Waals surface area contributed by atoms with Gasteiger partial charge in [-0.2, -0.15) is 0 Å². The quantitative estimate of drug-likeness (QED) is 0.553. The first kappa shape index (κ1) is 19.8. The first-order chi connectivity index (χ1) is 13.4. The van der Waals surface area contributed by atoms with Gasteiger partial charge < -0.3 is 4.74 Å². The molecule has 0 spiro atoms. The maximum atomic E-state index is 12.9. The summed E-state index contributed by atoms with van der Waals surface area (Å²) < 4.78 is 6.69. The van der Waals surface area contributed by atoms with Crippen molar-refractivity contribution in [2.75, 3.05) is 4.90 Å². The van der Waals surface area contributed by atoms with Crippen molar-refractivity contribution in [1.82, 2.24) is 5.32 Å². The Labute approximate surface area is 171 Å². The molecule has 7 heteroatoms. The van der Waals surface area contributed by atoms with E-state index in [0.717, 1.165) is 15.8 Å². The molecule has 2 aromatic carbocycles. The molecule has 0 saturated carbocycles. The van der Waals surface area contributed by atoms with Gasteiger partial charge in [0.05, 0.1) is 11.8 Å². The number of hydrogen-bond acceptors (Lipinski definition) is 4. The van der Waals surface area contributed by atoms with Crippen molar-refractivity contribution >= 4 is 45.5 Å². The highest BCUT2D eigenvalue weighted by Crippen LogP contribution is 2.27. The number of carbonyl (C=O) groups is 3. The van der Waals surface area contributed by atoms with E-state index in [2.05, 4.69) is 21.2 Å². The van der Waals surface area contributed by atoms with Gasteiger partial charge in [0.1, 0.15) is 11.3 Å². The Morgan fingerprint density at radius 1 is 1.11 bits per heavy atom. The lowest BCUT2D eigenvalue weighted by atomic mass is 10.1. The number of nitrogens with zero attached hydrogens (tertiary/aromatic N) is 1. The largest absolute Gasteiger partial charge is 0.490 e. The van der Waals surface area contributed by atoms with Gasteiger partial charge in [-0.25, -0.2) is 9.69 Å². The fourth-order valence-electron chi connectivity index (χ4n) is 2.64. The summed E-state index contributed by atoms with van der Waals surface area (Å²) in [6.07, 6.45) is 2.25. The molecule has 1 aliphatic rings. The number of imide groups is 2. The van der Waals surface area contributed by atoms with Gasteiger partial charge in [-0.05, 0) is 49.8 Å². The molecular weight excluding hydrogens is 424 g/mol. The summed E-state index contributed by atoms with van der Waals surface area (Å²) >= 11 is 3.32. The molecule has 0 radical (unpaired) electrons. The van der Waals surface area contributed by atoms with E-state index in [1.807, 2.05) is 19.9 Å². The molecule has 1 aliphatic heterocycles. The van der Waals surface area contributed by atoms with Gasteiger partial charge in [0.15, 0.2) is 0 Å². The molecule has 4 amide bonds. The minimum Gasteiger partial charge on any atom is -0.490 e. The third-order valence-corrected chi connectivity index (χ3v) is 4.84. The van der Waals surface area contributed by atoms with Crippen LogP contribution in [-0.2, 0) is 9.59 Å². The number of rotatable bonds is 5. The molecule has 1 atom stereocenters. The van der Waals surface area contributed by atoms with E-state index in [0.29, 0.717) is 17.0 Å². The zero-order chi connectivity index (χ0) is 20.3. The summed E-state index contributed by atoms with van der Waals surface area (Å²) in [5.74, 6) is -0.854. The fraction of sp³-hybridized carbons (Fsp3) is 0.190. The average Bonchev–Trinajstić information content (AvgIpc) is 2.67. The third kappa shape index (κ3) is 4.14. The molecule has 1 fully saturated rings. The van der Waals surface area contributed by atoms with Crippen LogP contribution in [0.25, 0.3) is 6.08 Å². The molecule has 1 N–H and O–H groups in total. The van der Waals surface area contributed by atoms with Crippen LogP contribution in [0.3, 0.4) is 0 Å². The van der Waals surface area contributed by atoms with Crippen LogP contribution in [0.15, 0.2) is 58.6 Å². The summed E-state index contributed by atoms with van der Waals surface area (Å²) in [7, 11) is 0. The van der Waals surface area contributed by atoms with Crippen LogP contribution >= 0.6 is 15.9 Å². The van der Waals surface area contributed by atoms with Crippen molar-refractivity contribution in [2.24, 2.45) is 0 Å². The van der Waals surface area contributed by atoms with E-state index >= 15 is 0 Å². The first-order valence-corrected chi connectivity index (χ1v) is 9.62. The zero-order valence-electron chi connectivity index (χ0n) is 15.4. The summed E-state index contributed by atoms with van der Waals surface area (Å²) in [5.41, 5.74) is 0.822. The number of ether oxygens (including phenoxy) is 1. The van der Waals surface area contributed by atoms with Crippen LogP contribution in [0, 0.1) is 0 Å². The van der Waals surface area contributed by atoms with Crippen LogP contribution in [0.4, 0.5) is 10.5 Å². The lowest BCUT2D eigenvalue weighted by molar-refractivity contribution is -0.122. The Kier molecular flexibility index (Phi) is 5.94. The number of halogens is 1. The molecule has 1 saturated heterocycles. The Balaban J connectivity index is 1.99. The normalized spacial score (nSPS) is 16.9. The predicted molar refractivity (Wildman–Crippen MR) is 110 cm³/mol. The number of hydrogen-bond donors (Lipinski definition) is 1. The van der Waals surface area contributed by atoms with Crippen molar-refractivity contribution < 1.29 is 19.1 Å². The van der Waals surface area contributed by atoms with Crippen LogP contribution in [0.1, 0.15) is 25.8 Å². The number of barbiturate groups is 1. The van der Waals surface area contributed by atoms with Gasteiger partial charge >= 0.3 is 6.03 Å². The Hall–Kier alpha value is -2.93. The van der Waals surface area contributed by atoms with E-state index in [-0.39, 0.29) is 11.7 Å². The van der Waals surface area contributed by atoms with Crippen molar-refractivity contribution in [3.05, 3.63) is 64.1 Å². The minimum absolute atomic E-state index is 0.0173. The number of para-hydroxylation sites is 1. The monoisotopic (exact) mass is 442 g/mol. The first-order valence-electron chi connectivity index (χ1n) is 8.83. The van der Waals surface area contributed by atoms with Crippen molar-refractivity contribution in [1.29, 1.82) is 0 Å². The maximum absolute atomic E-state index is 12.9. The van der Waals surface area contributed by atoms with Gasteiger partial charge in [-0.1, -0.05) is 41.1 Å². The second-order valence-electron chi connectivity index (χ2n) is 6.31. The lowest BCUT2D eigenvalue weighted by Gasteiger charge is -2.26. The summed E-state index contributed by atoms with van der Waals surface area (Å²) in [5, 5.41) is 2.22. The second kappa shape index (κ2) is 8.39. The van der Waals surface area contributed by atoms with E-state index in [1.165, 1.54) is 6.08 Å². The van der Waals surface area contributed by atoms with E-state index in [4.69, 9.17) is 4.74 Å². The number of nitrogens with one attached hydrogen (secondary N) is 1. The van der Waals surface area contributed by atoms with Crippen LogP contribution in [0.5, 0.6) is 5.75 Å². The standard InChI is InChI=1S/C21H19BrN2O4/c1-3-13(2)28-18-7-5-4-6-14(18)12-17-19(25)23-21(27)24(20(17)26)16-10-8-15(22)9-11-16/h4-13H,3H2,1-2H3,(H,23,25,27)/b17-12+/t13-/m0/s1. The minimum atomic E-state index is -0.779. The highest BCUT2D eigenvalue weighted by Gasteiger charge is 2.36. The number of urea groups is 1. The van der Waals surface area contributed by atoms with Crippen LogP contribution in [-0.4, -0.2) is 23.9 Å². The predicted octanol–water partition coefficient (Wildman–Crippen LogP) is 4.29. The Morgan fingerprint density at radius 3 is 2.46 bits per heavy atom. The summed E-state index contributed by atoms with van der Waals surface area (Å²) in [6, 6.07) is 13.0. The van der Waals surface area contributed by atoms with Gasteiger partial charge in [-0.3, -0.25) is 14.9 Å². The topological polar surface area (TPSA) is 75.7 Å². The molecule has 3 rings (SSSR count). The molecule has 1 heterocycles. The molecule has 0 unspecified atom stereocenters.